The van der Waals surface area contributed by atoms with Crippen molar-refractivity contribution < 1.29 is 23.1 Å². The van der Waals surface area contributed by atoms with Crippen LogP contribution in [0.5, 0.6) is 0 Å². The van der Waals surface area contributed by atoms with Crippen molar-refractivity contribution in [1.29, 1.82) is 0 Å². The number of carbonyl (C=O) groups is 2. The van der Waals surface area contributed by atoms with Crippen molar-refractivity contribution in [3.8, 4) is 0 Å². The lowest BCUT2D eigenvalue weighted by Crippen LogP contribution is -2.45. The predicted molar refractivity (Wildman–Crippen MR) is 76.5 cm³/mol. The maximum Gasteiger partial charge on any atom is 0.322 e. The maximum atomic E-state index is 13.7. The third kappa shape index (κ3) is 3.50. The lowest BCUT2D eigenvalue weighted by molar-refractivity contribution is -0.146. The molecule has 1 aliphatic heterocycles. The second kappa shape index (κ2) is 6.96. The summed E-state index contributed by atoms with van der Waals surface area (Å²) in [6.07, 6.45) is 1.02. The van der Waals surface area contributed by atoms with Crippen molar-refractivity contribution in [2.75, 3.05) is 20.2 Å². The van der Waals surface area contributed by atoms with Crippen LogP contribution in [-0.4, -0.2) is 42.9 Å². The van der Waals surface area contributed by atoms with Gasteiger partial charge in [-0.1, -0.05) is 0 Å². The highest BCUT2D eigenvalue weighted by Gasteiger charge is 2.31. The van der Waals surface area contributed by atoms with Gasteiger partial charge in [0.2, 0.25) is 0 Å². The van der Waals surface area contributed by atoms with E-state index in [0.29, 0.717) is 25.9 Å². The van der Waals surface area contributed by atoms with Crippen LogP contribution in [0.15, 0.2) is 18.2 Å². The van der Waals surface area contributed by atoms with Gasteiger partial charge in [0.15, 0.2) is 5.78 Å². The molecule has 0 aliphatic carbocycles. The molecule has 1 aromatic rings. The number of nitrogens with zero attached hydrogens (tertiary/aromatic N) is 1. The number of likely N-dealkylation sites (tertiary alicyclic amines) is 1. The normalized spacial score (nSPS) is 18.0. The number of hydrogen-bond donors (Lipinski definition) is 0. The molecule has 1 heterocycles. The van der Waals surface area contributed by atoms with E-state index in [1.54, 1.807) is 6.92 Å². The predicted octanol–water partition coefficient (Wildman–Crippen LogP) is 2.42. The van der Waals surface area contributed by atoms with E-state index < -0.39 is 11.6 Å². The van der Waals surface area contributed by atoms with Crippen LogP contribution in [0.2, 0.25) is 0 Å². The van der Waals surface area contributed by atoms with E-state index in [-0.39, 0.29) is 29.3 Å². The molecule has 6 heteroatoms. The molecule has 0 saturated carbocycles. The second-order valence-electron chi connectivity index (χ2n) is 5.50. The van der Waals surface area contributed by atoms with Crippen LogP contribution in [0.25, 0.3) is 0 Å². The molecule has 0 N–H and O–H groups in total. The molecular formula is C16H19F2NO3. The Bertz CT molecular complexity index is 569. The average Bonchev–Trinajstić information content (AvgIpc) is 2.55. The Labute approximate surface area is 128 Å². The molecule has 2 rings (SSSR count). The minimum atomic E-state index is -0.697. The third-order valence-corrected chi connectivity index (χ3v) is 4.18. The van der Waals surface area contributed by atoms with Crippen molar-refractivity contribution in [2.45, 2.75) is 25.8 Å². The number of rotatable bonds is 4. The highest BCUT2D eigenvalue weighted by atomic mass is 19.1. The summed E-state index contributed by atoms with van der Waals surface area (Å²) >= 11 is 0. The molecule has 22 heavy (non-hydrogen) atoms. The third-order valence-electron chi connectivity index (χ3n) is 4.18. The molecule has 0 amide bonds. The molecule has 1 fully saturated rings. The largest absolute Gasteiger partial charge is 0.468 e. The SMILES string of the molecule is COC(=O)C(C)N1CCC(C(=O)c2cc(F)ccc2F)CC1. The summed E-state index contributed by atoms with van der Waals surface area (Å²) in [6.45, 7) is 2.84. The Kier molecular flexibility index (Phi) is 5.24. The van der Waals surface area contributed by atoms with E-state index >= 15 is 0 Å². The van der Waals surface area contributed by atoms with Gasteiger partial charge in [-0.05, 0) is 51.1 Å². The first-order valence-electron chi connectivity index (χ1n) is 7.25. The van der Waals surface area contributed by atoms with Gasteiger partial charge in [0.25, 0.3) is 0 Å². The summed E-state index contributed by atoms with van der Waals surface area (Å²) in [6, 6.07) is 2.54. The van der Waals surface area contributed by atoms with E-state index in [0.717, 1.165) is 18.2 Å². The maximum absolute atomic E-state index is 13.7. The van der Waals surface area contributed by atoms with Gasteiger partial charge in [-0.3, -0.25) is 14.5 Å². The number of benzene rings is 1. The Balaban J connectivity index is 2.01. The fraction of sp³-hybridized carbons (Fsp3) is 0.500. The van der Waals surface area contributed by atoms with Crippen LogP contribution in [0.3, 0.4) is 0 Å². The van der Waals surface area contributed by atoms with Crippen molar-refractivity contribution in [1.82, 2.24) is 4.90 Å². The number of ketones is 1. The molecule has 0 spiro atoms. The van der Waals surface area contributed by atoms with E-state index in [9.17, 15) is 18.4 Å². The molecule has 0 bridgehead atoms. The van der Waals surface area contributed by atoms with Crippen molar-refractivity contribution >= 4 is 11.8 Å². The first-order chi connectivity index (χ1) is 10.4. The molecule has 1 unspecified atom stereocenters. The number of Topliss-reactive ketones (excluding diaryl/α,β-unsaturated/α-hetero) is 1. The lowest BCUT2D eigenvalue weighted by atomic mass is 9.88. The number of carbonyl (C=O) groups excluding carboxylic acids is 2. The zero-order valence-corrected chi connectivity index (χ0v) is 12.6. The number of hydrogen-bond acceptors (Lipinski definition) is 4. The first-order valence-corrected chi connectivity index (χ1v) is 7.25. The number of piperidine rings is 1. The van der Waals surface area contributed by atoms with Gasteiger partial charge in [0, 0.05) is 5.92 Å². The van der Waals surface area contributed by atoms with Gasteiger partial charge < -0.3 is 4.74 Å². The highest BCUT2D eigenvalue weighted by Crippen LogP contribution is 2.24. The van der Waals surface area contributed by atoms with Crippen molar-refractivity contribution in [2.24, 2.45) is 5.92 Å². The van der Waals surface area contributed by atoms with Crippen LogP contribution >= 0.6 is 0 Å². The summed E-state index contributed by atoms with van der Waals surface area (Å²) in [7, 11) is 1.34. The zero-order valence-electron chi connectivity index (χ0n) is 12.6. The molecule has 0 radical (unpaired) electrons. The van der Waals surface area contributed by atoms with Crippen molar-refractivity contribution in [3.05, 3.63) is 35.4 Å². The van der Waals surface area contributed by atoms with E-state index in [1.807, 2.05) is 4.90 Å². The standard InChI is InChI=1S/C16H19F2NO3/c1-10(16(21)22-2)19-7-5-11(6-8-19)15(20)13-9-12(17)3-4-14(13)18/h3-4,9-11H,5-8H2,1-2H3. The molecule has 1 aliphatic rings. The van der Waals surface area contributed by atoms with Gasteiger partial charge in [-0.2, -0.15) is 0 Å². The smallest absolute Gasteiger partial charge is 0.322 e. The monoisotopic (exact) mass is 311 g/mol. The van der Waals surface area contributed by atoms with Gasteiger partial charge in [-0.15, -0.1) is 0 Å². The molecule has 0 aromatic heterocycles. The fourth-order valence-electron chi connectivity index (χ4n) is 2.77. The Hall–Kier alpha value is -1.82. The average molecular weight is 311 g/mol. The Morgan fingerprint density at radius 2 is 1.91 bits per heavy atom. The first kappa shape index (κ1) is 16.5. The minimum Gasteiger partial charge on any atom is -0.468 e. The van der Waals surface area contributed by atoms with Crippen LogP contribution in [0.4, 0.5) is 8.78 Å². The zero-order chi connectivity index (χ0) is 16.3. The Morgan fingerprint density at radius 3 is 2.50 bits per heavy atom. The van der Waals surface area contributed by atoms with Crippen LogP contribution < -0.4 is 0 Å². The Morgan fingerprint density at radius 1 is 1.27 bits per heavy atom. The van der Waals surface area contributed by atoms with Gasteiger partial charge in [-0.25, -0.2) is 8.78 Å². The minimum absolute atomic E-state index is 0.195. The number of esters is 1. The van der Waals surface area contributed by atoms with E-state index in [4.69, 9.17) is 4.74 Å². The number of ether oxygens (including phenoxy) is 1. The summed E-state index contributed by atoms with van der Waals surface area (Å²) < 4.78 is 31.6. The van der Waals surface area contributed by atoms with Gasteiger partial charge >= 0.3 is 5.97 Å². The van der Waals surface area contributed by atoms with Gasteiger partial charge in [0.1, 0.15) is 17.7 Å². The number of methoxy groups -OCH3 is 1. The molecular weight excluding hydrogens is 292 g/mol. The molecule has 1 aromatic carbocycles. The molecule has 1 atom stereocenters. The fourth-order valence-corrected chi connectivity index (χ4v) is 2.77. The van der Waals surface area contributed by atoms with E-state index in [2.05, 4.69) is 0 Å². The summed E-state index contributed by atoms with van der Waals surface area (Å²) in [4.78, 5) is 25.8. The highest BCUT2D eigenvalue weighted by molar-refractivity contribution is 5.98. The van der Waals surface area contributed by atoms with Crippen molar-refractivity contribution in [3.63, 3.8) is 0 Å². The van der Waals surface area contributed by atoms with Crippen LogP contribution in [0.1, 0.15) is 30.1 Å². The quantitative estimate of drug-likeness (QED) is 0.633. The van der Waals surface area contributed by atoms with E-state index in [1.165, 1.54) is 7.11 Å². The topological polar surface area (TPSA) is 46.6 Å². The second-order valence-corrected chi connectivity index (χ2v) is 5.50. The summed E-state index contributed by atoms with van der Waals surface area (Å²) in [5.41, 5.74) is -0.195. The van der Waals surface area contributed by atoms with Crippen LogP contribution in [0, 0.1) is 17.6 Å². The lowest BCUT2D eigenvalue weighted by Gasteiger charge is -2.34. The molecule has 4 nitrogen and oxygen atoms in total. The molecule has 1 saturated heterocycles. The van der Waals surface area contributed by atoms with Crippen LogP contribution in [-0.2, 0) is 9.53 Å². The molecule has 120 valence electrons. The van der Waals surface area contributed by atoms with Gasteiger partial charge in [0.05, 0.1) is 12.7 Å². The summed E-state index contributed by atoms with van der Waals surface area (Å²) in [5, 5.41) is 0. The summed E-state index contributed by atoms with van der Waals surface area (Å²) in [5.74, 6) is -2.36. The number of halogens is 2.